The molecule has 8 aromatic rings. The average Bonchev–Trinajstić information content (AvgIpc) is 3.47. The van der Waals surface area contributed by atoms with Gasteiger partial charge in [-0.15, -0.1) is 0 Å². The monoisotopic (exact) mass is 1160 g/mol. The van der Waals surface area contributed by atoms with Crippen LogP contribution in [0.3, 0.4) is 0 Å². The van der Waals surface area contributed by atoms with Crippen molar-refractivity contribution >= 4 is 93.9 Å². The van der Waals surface area contributed by atoms with Crippen molar-refractivity contribution in [1.82, 2.24) is 41.2 Å². The Kier molecular flexibility index (Phi) is 29.5. The van der Waals surface area contributed by atoms with Crippen LogP contribution in [-0.4, -0.2) is 87.9 Å². The van der Waals surface area contributed by atoms with Crippen LogP contribution in [0.2, 0.25) is 20.1 Å². The number of hydrogen-bond donors (Lipinski definition) is 8. The van der Waals surface area contributed by atoms with E-state index in [1.165, 1.54) is 48.5 Å². The molecule has 0 radical (unpaired) electrons. The summed E-state index contributed by atoms with van der Waals surface area (Å²) in [5, 5.41) is 46.1. The molecule has 0 aliphatic rings. The third-order valence-electron chi connectivity index (χ3n) is 9.59. The molecule has 0 saturated carbocycles. The lowest BCUT2D eigenvalue weighted by molar-refractivity contribution is -0.139. The average molecular weight is 1170 g/mol. The van der Waals surface area contributed by atoms with Gasteiger partial charge in [-0.1, -0.05) is 46.4 Å². The highest BCUT2D eigenvalue weighted by Crippen LogP contribution is 2.12. The first kappa shape index (κ1) is 64.7. The van der Waals surface area contributed by atoms with Crippen LogP contribution < -0.4 is 21.3 Å². The zero-order valence-electron chi connectivity index (χ0n) is 41.7. The summed E-state index contributed by atoms with van der Waals surface area (Å²) in [4.78, 5) is 103. The molecule has 8 N–H and O–H groups in total. The van der Waals surface area contributed by atoms with Crippen molar-refractivity contribution in [2.24, 2.45) is 0 Å². The van der Waals surface area contributed by atoms with Crippen molar-refractivity contribution < 1.29 is 58.8 Å². The lowest BCUT2D eigenvalue weighted by Gasteiger charge is -2.06. The molecule has 0 aliphatic carbocycles. The fraction of sp³-hybridized carbons (Fsp3) is 0.0714. The molecule has 0 unspecified atom stereocenters. The van der Waals surface area contributed by atoms with Gasteiger partial charge in [-0.2, -0.15) is 0 Å². The summed E-state index contributed by atoms with van der Waals surface area (Å²) < 4.78 is 0. The second-order valence-corrected chi connectivity index (χ2v) is 17.1. The molecule has 4 amide bonds. The van der Waals surface area contributed by atoms with Gasteiger partial charge in [0.25, 0.3) is 0 Å². The number of benzene rings is 4. The number of aromatic nitrogens is 4. The lowest BCUT2D eigenvalue weighted by Crippen LogP contribution is -2.39. The van der Waals surface area contributed by atoms with E-state index < -0.39 is 47.5 Å². The molecular formula is C56H48Cl4N8O12. The van der Waals surface area contributed by atoms with E-state index >= 15 is 0 Å². The number of hydrogen-bond acceptors (Lipinski definition) is 12. The molecule has 20 nitrogen and oxygen atoms in total. The van der Waals surface area contributed by atoms with E-state index in [9.17, 15) is 38.4 Å². The zero-order chi connectivity index (χ0) is 58.7. The molecule has 0 spiro atoms. The van der Waals surface area contributed by atoms with Gasteiger partial charge in [-0.05, 0) is 168 Å². The smallest absolute Gasteiger partial charge is 0.335 e. The van der Waals surface area contributed by atoms with Crippen LogP contribution in [0.5, 0.6) is 0 Å². The molecular weight excluding hydrogens is 1120 g/mol. The number of halogens is 4. The van der Waals surface area contributed by atoms with Crippen molar-refractivity contribution in [3.63, 3.8) is 0 Å². The van der Waals surface area contributed by atoms with Crippen LogP contribution in [0.1, 0.15) is 63.7 Å². The molecule has 0 aliphatic heterocycles. The van der Waals surface area contributed by atoms with E-state index in [0.717, 1.165) is 22.3 Å². The summed E-state index contributed by atoms with van der Waals surface area (Å²) in [7, 11) is 0. The fourth-order valence-corrected chi connectivity index (χ4v) is 5.93. The van der Waals surface area contributed by atoms with Crippen molar-refractivity contribution in [3.05, 3.63) is 260 Å². The molecule has 8 rings (SSSR count). The van der Waals surface area contributed by atoms with Crippen LogP contribution >= 0.6 is 46.4 Å². The number of pyridine rings is 4. The summed E-state index contributed by atoms with van der Waals surface area (Å²) in [6.45, 7) is 1.18. The summed E-state index contributed by atoms with van der Waals surface area (Å²) in [5.41, 5.74) is 4.55. The van der Waals surface area contributed by atoms with Gasteiger partial charge in [0, 0.05) is 95.8 Å². The standard InChI is InChI=1S/2C14H14N4O2.4C7H5ClO2/c2*19-13(17-9-11-1-5-15-6-2-11)14(20)18-10-12-3-7-16-8-4-12;4*8-6-3-1-5(2-4-6)7(9)10/h2*1-8H,9-10H2,(H,17,19)(H,18,20);4*1-4H,(H,9,10). The second kappa shape index (κ2) is 36.4. The van der Waals surface area contributed by atoms with Crippen molar-refractivity contribution in [2.45, 2.75) is 26.2 Å². The summed E-state index contributed by atoms with van der Waals surface area (Å²) in [6, 6.07) is 38.3. The van der Waals surface area contributed by atoms with E-state index in [-0.39, 0.29) is 22.3 Å². The van der Waals surface area contributed by atoms with Gasteiger partial charge >= 0.3 is 47.5 Å². The number of carboxylic acid groups (broad SMARTS) is 4. The Labute approximate surface area is 477 Å². The van der Waals surface area contributed by atoms with Gasteiger partial charge in [0.15, 0.2) is 0 Å². The highest BCUT2D eigenvalue weighted by atomic mass is 35.5. The number of rotatable bonds is 12. The van der Waals surface area contributed by atoms with Gasteiger partial charge in [-0.25, -0.2) is 19.2 Å². The maximum absolute atomic E-state index is 11.6. The van der Waals surface area contributed by atoms with Crippen LogP contribution in [0.15, 0.2) is 195 Å². The molecule has 0 saturated heterocycles. The van der Waals surface area contributed by atoms with Crippen LogP contribution in [0, 0.1) is 0 Å². The lowest BCUT2D eigenvalue weighted by atomic mass is 10.2. The largest absolute Gasteiger partial charge is 0.478 e. The Balaban J connectivity index is 0.000000261. The predicted octanol–water partition coefficient (Wildman–Crippen LogP) is 8.97. The van der Waals surface area contributed by atoms with Gasteiger partial charge in [-0.3, -0.25) is 39.1 Å². The van der Waals surface area contributed by atoms with E-state index in [1.807, 2.05) is 0 Å². The highest BCUT2D eigenvalue weighted by molar-refractivity contribution is 6.35. The molecule has 0 fully saturated rings. The van der Waals surface area contributed by atoms with E-state index in [4.69, 9.17) is 66.8 Å². The first-order valence-corrected chi connectivity index (χ1v) is 24.5. The molecule has 80 heavy (non-hydrogen) atoms. The summed E-state index contributed by atoms with van der Waals surface area (Å²) in [5.74, 6) is -6.36. The minimum atomic E-state index is -0.934. The molecule has 0 atom stereocenters. The topological polar surface area (TPSA) is 317 Å². The van der Waals surface area contributed by atoms with Crippen molar-refractivity contribution in [1.29, 1.82) is 0 Å². The van der Waals surface area contributed by atoms with E-state index in [1.54, 1.807) is 147 Å². The van der Waals surface area contributed by atoms with Crippen LogP contribution in [-0.2, 0) is 45.4 Å². The van der Waals surface area contributed by atoms with Crippen molar-refractivity contribution in [3.8, 4) is 0 Å². The minimum Gasteiger partial charge on any atom is -0.478 e. The number of carbonyl (C=O) groups excluding carboxylic acids is 4. The van der Waals surface area contributed by atoms with Gasteiger partial charge in [0.2, 0.25) is 0 Å². The number of nitrogens with one attached hydrogen (secondary N) is 4. The quantitative estimate of drug-likeness (QED) is 0.0529. The first-order chi connectivity index (χ1) is 38.3. The molecule has 24 heteroatoms. The van der Waals surface area contributed by atoms with Gasteiger partial charge < -0.3 is 41.7 Å². The third-order valence-corrected chi connectivity index (χ3v) is 10.6. The second-order valence-electron chi connectivity index (χ2n) is 15.4. The molecule has 0 bridgehead atoms. The first-order valence-electron chi connectivity index (χ1n) is 22.9. The SMILES string of the molecule is O=C(NCc1ccncc1)C(=O)NCc1ccncc1.O=C(NCc1ccncc1)C(=O)NCc1ccncc1.O=C(O)c1ccc(Cl)cc1.O=C(O)c1ccc(Cl)cc1.O=C(O)c1ccc(Cl)cc1.O=C(O)c1ccc(Cl)cc1. The number of aromatic carboxylic acids is 4. The molecule has 4 aromatic heterocycles. The Morgan fingerprint density at radius 2 is 0.425 bits per heavy atom. The maximum Gasteiger partial charge on any atom is 0.335 e. The van der Waals surface area contributed by atoms with E-state index in [2.05, 4.69) is 41.2 Å². The summed E-state index contributed by atoms with van der Waals surface area (Å²) in [6.07, 6.45) is 13.0. The minimum absolute atomic E-state index is 0.254. The number of amides is 4. The van der Waals surface area contributed by atoms with Crippen LogP contribution in [0.4, 0.5) is 0 Å². The molecule has 4 heterocycles. The molecule has 4 aromatic carbocycles. The Hall–Kier alpha value is -9.60. The van der Waals surface area contributed by atoms with Crippen LogP contribution in [0.25, 0.3) is 0 Å². The zero-order valence-corrected chi connectivity index (χ0v) is 44.7. The Morgan fingerprint density at radius 1 is 0.275 bits per heavy atom. The summed E-state index contributed by atoms with van der Waals surface area (Å²) >= 11 is 22.1. The van der Waals surface area contributed by atoms with Crippen molar-refractivity contribution in [2.75, 3.05) is 0 Å². The van der Waals surface area contributed by atoms with Gasteiger partial charge in [0.05, 0.1) is 22.3 Å². The Morgan fingerprint density at radius 3 is 0.562 bits per heavy atom. The predicted molar refractivity (Wildman–Crippen MR) is 298 cm³/mol. The number of carboxylic acids is 4. The highest BCUT2D eigenvalue weighted by Gasteiger charge is 2.14. The van der Waals surface area contributed by atoms with E-state index in [0.29, 0.717) is 46.3 Å². The Bertz CT molecular complexity index is 2780. The molecule has 412 valence electrons. The maximum atomic E-state index is 11.6. The normalized spacial score (nSPS) is 9.55. The van der Waals surface area contributed by atoms with Gasteiger partial charge in [0.1, 0.15) is 0 Å². The third kappa shape index (κ3) is 27.4. The fourth-order valence-electron chi connectivity index (χ4n) is 5.42. The number of carbonyl (C=O) groups is 8. The number of nitrogens with zero attached hydrogens (tertiary/aromatic N) is 4.